The third-order valence-electron chi connectivity index (χ3n) is 6.74. The van der Waals surface area contributed by atoms with Crippen molar-refractivity contribution in [3.8, 4) is 5.69 Å². The minimum atomic E-state index is -0.233. The number of hydrogen-bond donors (Lipinski definition) is 3. The molecule has 1 atom stereocenters. The number of hydrogen-bond acceptors (Lipinski definition) is 7. The van der Waals surface area contributed by atoms with Gasteiger partial charge in [-0.2, -0.15) is 0 Å². The maximum atomic E-state index is 12.8. The molecule has 1 aromatic carbocycles. The molecular formula is C25H24N8O2. The highest BCUT2D eigenvalue weighted by Crippen LogP contribution is 2.25. The van der Waals surface area contributed by atoms with Crippen LogP contribution in [0.2, 0.25) is 0 Å². The van der Waals surface area contributed by atoms with Crippen molar-refractivity contribution < 1.29 is 4.79 Å². The molecule has 0 bridgehead atoms. The molecule has 3 N–H and O–H groups in total. The minimum absolute atomic E-state index is 0.0998. The van der Waals surface area contributed by atoms with Crippen LogP contribution in [0.25, 0.3) is 5.69 Å². The predicted molar refractivity (Wildman–Crippen MR) is 129 cm³/mol. The molecule has 35 heavy (non-hydrogen) atoms. The first-order chi connectivity index (χ1) is 17.1. The van der Waals surface area contributed by atoms with Gasteiger partial charge in [0.2, 0.25) is 11.9 Å². The van der Waals surface area contributed by atoms with Crippen molar-refractivity contribution in [2.75, 3.05) is 10.6 Å². The van der Waals surface area contributed by atoms with Crippen LogP contribution in [0.5, 0.6) is 0 Å². The van der Waals surface area contributed by atoms with Crippen molar-refractivity contribution in [3.63, 3.8) is 0 Å². The number of aromatic nitrogens is 6. The van der Waals surface area contributed by atoms with Gasteiger partial charge in [0.1, 0.15) is 0 Å². The Hall–Kier alpha value is -4.34. The Bertz CT molecular complexity index is 1420. The maximum absolute atomic E-state index is 12.8. The van der Waals surface area contributed by atoms with Crippen LogP contribution in [0.4, 0.5) is 11.6 Å². The van der Waals surface area contributed by atoms with Crippen molar-refractivity contribution in [3.05, 3.63) is 87.9 Å². The molecule has 0 spiro atoms. The van der Waals surface area contributed by atoms with Gasteiger partial charge in [0, 0.05) is 30.6 Å². The molecule has 10 heteroatoms. The lowest BCUT2D eigenvalue weighted by molar-refractivity contribution is -0.120. The molecule has 2 aliphatic rings. The summed E-state index contributed by atoms with van der Waals surface area (Å²) in [6, 6.07) is 11.7. The van der Waals surface area contributed by atoms with E-state index in [0.29, 0.717) is 23.7 Å². The number of H-pyrrole nitrogens is 1. The van der Waals surface area contributed by atoms with Crippen LogP contribution in [-0.4, -0.2) is 41.9 Å². The van der Waals surface area contributed by atoms with E-state index in [-0.39, 0.29) is 23.4 Å². The number of nitrogens with one attached hydrogen (secondary N) is 3. The van der Waals surface area contributed by atoms with Crippen LogP contribution >= 0.6 is 0 Å². The summed E-state index contributed by atoms with van der Waals surface area (Å²) in [6.45, 7) is 0. The van der Waals surface area contributed by atoms with Crippen molar-refractivity contribution in [1.29, 1.82) is 0 Å². The standard InChI is InChI=1S/C25H24N8O2/c34-23-8-6-18(28-24(35)17-5-7-21-22(11-17)31-32-30-21)14-33(23)20-12-26-25(27-13-20)29-19-9-15-3-1-2-4-16(15)10-19/h1-4,6,8,12-14,17,19H,5,7,9-11H2,(H,28,35)(H,26,27,29)(H,30,31,32)/t17-/m0/s1. The van der Waals surface area contributed by atoms with Gasteiger partial charge in [-0.25, -0.2) is 9.97 Å². The quantitative estimate of drug-likeness (QED) is 0.409. The summed E-state index contributed by atoms with van der Waals surface area (Å²) in [5, 5.41) is 17.1. The highest BCUT2D eigenvalue weighted by atomic mass is 16.2. The lowest BCUT2D eigenvalue weighted by Gasteiger charge is -2.20. The predicted octanol–water partition coefficient (Wildman–Crippen LogP) is 2.07. The van der Waals surface area contributed by atoms with Gasteiger partial charge in [0.15, 0.2) is 0 Å². The summed E-state index contributed by atoms with van der Waals surface area (Å²) in [6.07, 6.45) is 8.69. The van der Waals surface area contributed by atoms with E-state index in [0.717, 1.165) is 37.1 Å². The molecular weight excluding hydrogens is 444 g/mol. The van der Waals surface area contributed by atoms with Gasteiger partial charge in [-0.05, 0) is 42.9 Å². The molecule has 3 aromatic heterocycles. The second-order valence-corrected chi connectivity index (χ2v) is 9.08. The minimum Gasteiger partial charge on any atom is -0.351 e. The molecule has 0 saturated carbocycles. The molecule has 0 unspecified atom stereocenters. The van der Waals surface area contributed by atoms with Crippen molar-refractivity contribution >= 4 is 17.5 Å². The van der Waals surface area contributed by atoms with Crippen molar-refractivity contribution in [1.82, 2.24) is 29.9 Å². The lowest BCUT2D eigenvalue weighted by atomic mass is 9.89. The molecule has 6 rings (SSSR count). The number of carbonyl (C=O) groups excluding carboxylic acids is 1. The number of aromatic amines is 1. The number of rotatable bonds is 5. The van der Waals surface area contributed by atoms with Crippen LogP contribution < -0.4 is 16.2 Å². The number of anilines is 2. The molecule has 10 nitrogen and oxygen atoms in total. The Morgan fingerprint density at radius 2 is 1.80 bits per heavy atom. The van der Waals surface area contributed by atoms with Crippen LogP contribution in [-0.2, 0) is 30.5 Å². The summed E-state index contributed by atoms with van der Waals surface area (Å²) in [5.74, 6) is 0.231. The first-order valence-electron chi connectivity index (χ1n) is 11.7. The first-order valence-corrected chi connectivity index (χ1v) is 11.7. The van der Waals surface area contributed by atoms with Gasteiger partial charge >= 0.3 is 0 Å². The average molecular weight is 469 g/mol. The number of benzene rings is 1. The highest BCUT2D eigenvalue weighted by molar-refractivity contribution is 5.92. The van der Waals surface area contributed by atoms with Gasteiger partial charge in [-0.1, -0.05) is 29.5 Å². The number of amides is 1. The number of carbonyl (C=O) groups is 1. The number of pyridine rings is 1. The molecule has 0 saturated heterocycles. The van der Waals surface area contributed by atoms with Crippen LogP contribution in [0, 0.1) is 5.92 Å². The summed E-state index contributed by atoms with van der Waals surface area (Å²) in [5.41, 5.74) is 5.36. The zero-order chi connectivity index (χ0) is 23.8. The summed E-state index contributed by atoms with van der Waals surface area (Å²) in [7, 11) is 0. The van der Waals surface area contributed by atoms with Gasteiger partial charge in [0.05, 0.1) is 35.2 Å². The third kappa shape index (κ3) is 4.30. The monoisotopic (exact) mass is 468 g/mol. The summed E-state index contributed by atoms with van der Waals surface area (Å²) in [4.78, 5) is 34.2. The Morgan fingerprint density at radius 1 is 1.03 bits per heavy atom. The second-order valence-electron chi connectivity index (χ2n) is 9.08. The van der Waals surface area contributed by atoms with Crippen LogP contribution in [0.3, 0.4) is 0 Å². The van der Waals surface area contributed by atoms with Crippen molar-refractivity contribution in [2.24, 2.45) is 5.92 Å². The Balaban J connectivity index is 1.13. The fraction of sp³-hybridized carbons (Fsp3) is 0.280. The van der Waals surface area contributed by atoms with E-state index < -0.39 is 0 Å². The fourth-order valence-corrected chi connectivity index (χ4v) is 4.88. The van der Waals surface area contributed by atoms with Gasteiger partial charge in [-0.15, -0.1) is 5.10 Å². The number of nitrogens with zero attached hydrogens (tertiary/aromatic N) is 5. The van der Waals surface area contributed by atoms with Gasteiger partial charge in [0.25, 0.3) is 5.56 Å². The van der Waals surface area contributed by atoms with E-state index in [2.05, 4.69) is 60.3 Å². The molecule has 0 radical (unpaired) electrons. The molecule has 4 aromatic rings. The highest BCUT2D eigenvalue weighted by Gasteiger charge is 2.27. The number of aryl methyl sites for hydroxylation is 1. The van der Waals surface area contributed by atoms with Gasteiger partial charge < -0.3 is 10.6 Å². The summed E-state index contributed by atoms with van der Waals surface area (Å²) >= 11 is 0. The number of fused-ring (bicyclic) bond motifs is 2. The molecule has 176 valence electrons. The lowest BCUT2D eigenvalue weighted by Crippen LogP contribution is -2.29. The normalized spacial score (nSPS) is 17.0. The molecule has 2 aliphatic carbocycles. The molecule has 3 heterocycles. The smallest absolute Gasteiger partial charge is 0.255 e. The van der Waals surface area contributed by atoms with Crippen molar-refractivity contribution in [2.45, 2.75) is 38.1 Å². The Labute approximate surface area is 200 Å². The zero-order valence-electron chi connectivity index (χ0n) is 18.9. The Kier molecular flexibility index (Phi) is 5.32. The van der Waals surface area contributed by atoms with Crippen LogP contribution in [0.15, 0.2) is 59.8 Å². The zero-order valence-corrected chi connectivity index (χ0v) is 18.9. The van der Waals surface area contributed by atoms with E-state index in [1.807, 2.05) is 0 Å². The van der Waals surface area contributed by atoms with Gasteiger partial charge in [-0.3, -0.25) is 19.3 Å². The van der Waals surface area contributed by atoms with E-state index in [9.17, 15) is 9.59 Å². The average Bonchev–Trinajstić information content (AvgIpc) is 3.51. The fourth-order valence-electron chi connectivity index (χ4n) is 4.88. The van der Waals surface area contributed by atoms with E-state index in [4.69, 9.17) is 0 Å². The van der Waals surface area contributed by atoms with E-state index in [1.54, 1.807) is 24.7 Å². The molecule has 0 aliphatic heterocycles. The largest absolute Gasteiger partial charge is 0.351 e. The molecule has 0 fully saturated rings. The summed E-state index contributed by atoms with van der Waals surface area (Å²) < 4.78 is 1.43. The van der Waals surface area contributed by atoms with E-state index in [1.165, 1.54) is 21.8 Å². The van der Waals surface area contributed by atoms with E-state index >= 15 is 0 Å². The molecule has 1 amide bonds. The third-order valence-corrected chi connectivity index (χ3v) is 6.74. The second kappa shape index (κ2) is 8.79. The SMILES string of the molecule is O=C(Nc1ccc(=O)n(-c2cnc(NC3Cc4ccccc4C3)nc2)c1)[C@H]1CCc2[nH]nnc2C1. The topological polar surface area (TPSA) is 130 Å². The maximum Gasteiger partial charge on any atom is 0.255 e. The Morgan fingerprint density at radius 3 is 2.57 bits per heavy atom. The van der Waals surface area contributed by atoms with Crippen LogP contribution in [0.1, 0.15) is 28.9 Å². The first kappa shape index (κ1) is 21.2.